The number of carbonyl (C=O) groups excluding carboxylic acids is 1. The predicted molar refractivity (Wildman–Crippen MR) is 50.3 cm³/mol. The molecule has 0 heterocycles. The highest BCUT2D eigenvalue weighted by molar-refractivity contribution is 5.68. The Morgan fingerprint density at radius 3 is 2.15 bits per heavy atom. The van der Waals surface area contributed by atoms with Crippen LogP contribution in [0.2, 0.25) is 0 Å². The molecule has 4 nitrogen and oxygen atoms in total. The van der Waals surface area contributed by atoms with E-state index in [1.54, 1.807) is 6.92 Å². The summed E-state index contributed by atoms with van der Waals surface area (Å²) in [6.07, 6.45) is 0.591. The molecule has 0 aliphatic carbocycles. The molecule has 0 saturated carbocycles. The van der Waals surface area contributed by atoms with Crippen LogP contribution < -0.4 is 0 Å². The van der Waals surface area contributed by atoms with Crippen molar-refractivity contribution in [2.45, 2.75) is 39.7 Å². The molecule has 4 heteroatoms. The minimum Gasteiger partial charge on any atom is -0.463 e. The molecular weight excluding hydrogens is 172 g/mol. The minimum atomic E-state index is -0.949. The fraction of sp³-hybridized carbons (Fsp3) is 0.889. The number of hydrogen-bond acceptors (Lipinski definition) is 4. The summed E-state index contributed by atoms with van der Waals surface area (Å²) in [5.74, 6) is -0.368. The molecule has 0 radical (unpaired) electrons. The molecule has 0 saturated heterocycles. The van der Waals surface area contributed by atoms with Gasteiger partial charge in [0.1, 0.15) is 12.7 Å². The van der Waals surface area contributed by atoms with Gasteiger partial charge in [-0.15, -0.1) is 0 Å². The lowest BCUT2D eigenvalue weighted by Gasteiger charge is -2.06. The fourth-order valence-electron chi connectivity index (χ4n) is 0.344. The number of hydrogen-bond donors (Lipinski definition) is 2. The van der Waals surface area contributed by atoms with E-state index in [1.165, 1.54) is 6.42 Å². The summed E-state index contributed by atoms with van der Waals surface area (Å²) in [7, 11) is 0. The maximum absolute atomic E-state index is 10.4. The molecule has 1 atom stereocenters. The van der Waals surface area contributed by atoms with Gasteiger partial charge in [0.05, 0.1) is 6.61 Å². The van der Waals surface area contributed by atoms with E-state index >= 15 is 0 Å². The lowest BCUT2D eigenvalue weighted by Crippen LogP contribution is -2.21. The van der Waals surface area contributed by atoms with Crippen LogP contribution in [-0.2, 0) is 9.53 Å². The second-order valence-corrected chi connectivity index (χ2v) is 2.58. The van der Waals surface area contributed by atoms with Crippen molar-refractivity contribution in [2.24, 2.45) is 0 Å². The molecule has 0 aromatic carbocycles. The molecule has 80 valence electrons. The second kappa shape index (κ2) is 11.4. The summed E-state index contributed by atoms with van der Waals surface area (Å²) in [5.41, 5.74) is 0. The van der Waals surface area contributed by atoms with Crippen molar-refractivity contribution in [1.82, 2.24) is 0 Å². The van der Waals surface area contributed by atoms with Crippen molar-refractivity contribution in [3.05, 3.63) is 0 Å². The van der Waals surface area contributed by atoms with Crippen molar-refractivity contribution in [3.63, 3.8) is 0 Å². The first-order valence-corrected chi connectivity index (χ1v) is 4.56. The lowest BCUT2D eigenvalue weighted by molar-refractivity contribution is -0.146. The van der Waals surface area contributed by atoms with Crippen LogP contribution in [0.4, 0.5) is 0 Å². The van der Waals surface area contributed by atoms with Gasteiger partial charge in [-0.3, -0.25) is 4.79 Å². The maximum atomic E-state index is 10.4. The van der Waals surface area contributed by atoms with Gasteiger partial charge in [0, 0.05) is 6.42 Å². The summed E-state index contributed by atoms with van der Waals surface area (Å²) >= 11 is 0. The topological polar surface area (TPSA) is 66.8 Å². The number of ether oxygens (including phenoxy) is 1. The molecule has 0 rings (SSSR count). The van der Waals surface area contributed by atoms with Crippen LogP contribution in [0, 0.1) is 0 Å². The molecule has 0 aliphatic rings. The second-order valence-electron chi connectivity index (χ2n) is 2.58. The number of aliphatic hydroxyl groups excluding tert-OH is 2. The van der Waals surface area contributed by atoms with Crippen molar-refractivity contribution in [1.29, 1.82) is 0 Å². The van der Waals surface area contributed by atoms with Gasteiger partial charge >= 0.3 is 5.97 Å². The van der Waals surface area contributed by atoms with Crippen LogP contribution in [0.1, 0.15) is 33.6 Å². The molecular formula is C9H20O4. The molecule has 0 aromatic heterocycles. The molecule has 0 aliphatic heterocycles. The first-order valence-electron chi connectivity index (χ1n) is 4.56. The van der Waals surface area contributed by atoms with Gasteiger partial charge in [-0.1, -0.05) is 27.2 Å². The van der Waals surface area contributed by atoms with Crippen molar-refractivity contribution >= 4 is 5.97 Å². The zero-order chi connectivity index (χ0) is 10.7. The summed E-state index contributed by atoms with van der Waals surface area (Å²) < 4.78 is 4.49. The third kappa shape index (κ3) is 14.3. The van der Waals surface area contributed by atoms with Gasteiger partial charge in [0.25, 0.3) is 0 Å². The molecule has 0 amide bonds. The Labute approximate surface area is 79.5 Å². The Balaban J connectivity index is 0. The van der Waals surface area contributed by atoms with Crippen LogP contribution in [0.3, 0.4) is 0 Å². The van der Waals surface area contributed by atoms with Gasteiger partial charge in [-0.05, 0) is 0 Å². The summed E-state index contributed by atoms with van der Waals surface area (Å²) in [4.78, 5) is 10.4. The number of aliphatic hydroxyl groups is 2. The lowest BCUT2D eigenvalue weighted by atomic mass is 10.4. The van der Waals surface area contributed by atoms with Gasteiger partial charge in [-0.2, -0.15) is 0 Å². The highest BCUT2D eigenvalue weighted by atomic mass is 16.5. The van der Waals surface area contributed by atoms with Crippen LogP contribution in [0.5, 0.6) is 0 Å². The van der Waals surface area contributed by atoms with E-state index in [1.807, 2.05) is 0 Å². The first kappa shape index (κ1) is 14.9. The van der Waals surface area contributed by atoms with Crippen molar-refractivity contribution in [2.75, 3.05) is 13.2 Å². The van der Waals surface area contributed by atoms with E-state index < -0.39 is 6.10 Å². The monoisotopic (exact) mass is 192 g/mol. The van der Waals surface area contributed by atoms with Crippen molar-refractivity contribution < 1.29 is 19.7 Å². The number of esters is 1. The van der Waals surface area contributed by atoms with Gasteiger partial charge in [-0.25, -0.2) is 0 Å². The zero-order valence-corrected chi connectivity index (χ0v) is 8.62. The van der Waals surface area contributed by atoms with E-state index in [9.17, 15) is 4.79 Å². The van der Waals surface area contributed by atoms with Gasteiger partial charge in [0.2, 0.25) is 0 Å². The smallest absolute Gasteiger partial charge is 0.305 e. The van der Waals surface area contributed by atoms with E-state index in [-0.39, 0.29) is 25.6 Å². The van der Waals surface area contributed by atoms with Crippen LogP contribution >= 0.6 is 0 Å². The Morgan fingerprint density at radius 1 is 1.38 bits per heavy atom. The molecule has 0 fully saturated rings. The van der Waals surface area contributed by atoms with Crippen molar-refractivity contribution in [3.8, 4) is 0 Å². The van der Waals surface area contributed by atoms with Gasteiger partial charge < -0.3 is 14.9 Å². The van der Waals surface area contributed by atoms with E-state index in [0.29, 0.717) is 0 Å². The summed E-state index contributed by atoms with van der Waals surface area (Å²) in [6.45, 7) is 5.41. The average Bonchev–Trinajstić information content (AvgIpc) is 2.14. The third-order valence-corrected chi connectivity index (χ3v) is 0.936. The summed E-state index contributed by atoms with van der Waals surface area (Å²) in [5, 5.41) is 17.0. The van der Waals surface area contributed by atoms with Crippen LogP contribution in [-0.4, -0.2) is 35.5 Å². The molecule has 0 aromatic rings. The highest BCUT2D eigenvalue weighted by Gasteiger charge is 2.04. The minimum absolute atomic E-state index is 0.122. The molecule has 2 N–H and O–H groups in total. The zero-order valence-electron chi connectivity index (χ0n) is 8.62. The predicted octanol–water partition coefficient (Wildman–Crippen LogP) is 0.709. The van der Waals surface area contributed by atoms with E-state index in [4.69, 9.17) is 10.2 Å². The van der Waals surface area contributed by atoms with E-state index in [0.717, 1.165) is 0 Å². The fourth-order valence-corrected chi connectivity index (χ4v) is 0.344. The van der Waals surface area contributed by atoms with E-state index in [2.05, 4.69) is 18.6 Å². The largest absolute Gasteiger partial charge is 0.463 e. The molecule has 0 spiro atoms. The Morgan fingerprint density at radius 2 is 1.85 bits per heavy atom. The number of rotatable bonds is 4. The third-order valence-electron chi connectivity index (χ3n) is 0.936. The average molecular weight is 192 g/mol. The Bertz CT molecular complexity index is 114. The van der Waals surface area contributed by atoms with Gasteiger partial charge in [0.15, 0.2) is 0 Å². The van der Waals surface area contributed by atoms with Crippen LogP contribution in [0.25, 0.3) is 0 Å². The Kier molecular flexibility index (Phi) is 13.0. The molecule has 0 bridgehead atoms. The Hall–Kier alpha value is -0.610. The first-order chi connectivity index (χ1) is 6.12. The highest BCUT2D eigenvalue weighted by Crippen LogP contribution is 1.87. The normalized spacial score (nSPS) is 11.2. The van der Waals surface area contributed by atoms with Crippen LogP contribution in [0.15, 0.2) is 0 Å². The number of carbonyl (C=O) groups is 1. The molecule has 13 heavy (non-hydrogen) atoms. The quantitative estimate of drug-likeness (QED) is 0.644. The standard InChI is InChI=1S/C6H12O4.C3H8/c1-2-6(9)10-4-5(8)3-7;1-3-2/h5,7-8H,2-4H2,1H3;3H2,1-2H3. The molecule has 1 unspecified atom stereocenters. The summed E-state index contributed by atoms with van der Waals surface area (Å²) in [6, 6.07) is 0. The maximum Gasteiger partial charge on any atom is 0.305 e. The SMILES string of the molecule is CCC.CCC(=O)OCC(O)CO.